The third kappa shape index (κ3) is 4.51. The van der Waals surface area contributed by atoms with Gasteiger partial charge >= 0.3 is 0 Å². The van der Waals surface area contributed by atoms with Gasteiger partial charge in [-0.2, -0.15) is 0 Å². The summed E-state index contributed by atoms with van der Waals surface area (Å²) >= 11 is 0. The lowest BCUT2D eigenvalue weighted by Gasteiger charge is -1.96. The molecule has 0 aliphatic carbocycles. The number of nitrogens with two attached hydrogens (primary N) is 1. The topological polar surface area (TPSA) is 101 Å². The number of hydrogen-bond acceptors (Lipinski definition) is 4. The molecule has 0 amide bonds. The Bertz CT molecular complexity index is 416. The maximum atomic E-state index is 10.7. The zero-order valence-electron chi connectivity index (χ0n) is 7.52. The Morgan fingerprint density at radius 3 is 1.93 bits per heavy atom. The van der Waals surface area contributed by atoms with Crippen LogP contribution in [0.15, 0.2) is 29.2 Å². The summed E-state index contributed by atoms with van der Waals surface area (Å²) in [6, 6.07) is 6.40. The van der Waals surface area contributed by atoms with Crippen molar-refractivity contribution >= 4 is 16.1 Å². The lowest BCUT2D eigenvalue weighted by atomic mass is 10.2. The molecule has 1 rings (SSSR count). The van der Waals surface area contributed by atoms with Gasteiger partial charge in [0.05, 0.1) is 4.90 Å². The number of carbonyl (C=O) groups excluding carboxylic acids is 1. The fourth-order valence-electron chi connectivity index (χ4n) is 0.728. The van der Waals surface area contributed by atoms with Crippen LogP contribution in [0.4, 0.5) is 0 Å². The van der Waals surface area contributed by atoms with Crippen LogP contribution in [-0.2, 0) is 14.8 Å². The van der Waals surface area contributed by atoms with Crippen molar-refractivity contribution in [2.45, 2.75) is 11.8 Å². The predicted octanol–water partition coefficient (Wildman–Crippen LogP) is 0.543. The number of sulfonamides is 1. The monoisotopic (exact) mass is 214 g/mol. The number of primary sulfonamides is 1. The van der Waals surface area contributed by atoms with Gasteiger partial charge in [-0.1, -0.05) is 17.7 Å². The number of hydrogen-bond donors (Lipinski definition) is 2. The second-order valence-electron chi connectivity index (χ2n) is 2.46. The van der Waals surface area contributed by atoms with E-state index in [1.54, 1.807) is 12.1 Å². The predicted molar refractivity (Wildman–Crippen MR) is 51.0 cm³/mol. The Balaban J connectivity index is 0.000000500. The van der Waals surface area contributed by atoms with E-state index in [1.165, 1.54) is 12.1 Å². The molecule has 0 radical (unpaired) electrons. The number of benzene rings is 1. The van der Waals surface area contributed by atoms with Gasteiger partial charge in [0.1, 0.15) is 0 Å². The van der Waals surface area contributed by atoms with Crippen LogP contribution in [0.1, 0.15) is 5.56 Å². The molecular weight excluding hydrogens is 204 g/mol. The Morgan fingerprint density at radius 1 is 1.29 bits per heavy atom. The molecule has 14 heavy (non-hydrogen) atoms. The molecule has 0 aliphatic heterocycles. The van der Waals surface area contributed by atoms with E-state index in [2.05, 4.69) is 0 Å². The molecule has 3 N–H and O–H groups in total. The average Bonchev–Trinajstić information content (AvgIpc) is 2.04. The molecule has 0 spiro atoms. The molecule has 0 saturated carbocycles. The van der Waals surface area contributed by atoms with Gasteiger partial charge in [0, 0.05) is 0 Å². The first-order chi connectivity index (χ1) is 6.41. The van der Waals surface area contributed by atoms with Crippen molar-refractivity contribution < 1.29 is 13.2 Å². The van der Waals surface area contributed by atoms with Gasteiger partial charge < -0.3 is 0 Å². The molecule has 0 unspecified atom stereocenters. The maximum Gasteiger partial charge on any atom is 0.238 e. The van der Waals surface area contributed by atoms with Crippen molar-refractivity contribution in [1.29, 1.82) is 5.41 Å². The number of isocyanates is 1. The molecule has 1 aromatic rings. The summed E-state index contributed by atoms with van der Waals surface area (Å²) in [7, 11) is -3.52. The number of rotatable bonds is 1. The second-order valence-corrected chi connectivity index (χ2v) is 4.02. The highest BCUT2D eigenvalue weighted by molar-refractivity contribution is 7.89. The smallest absolute Gasteiger partial charge is 0.225 e. The number of nitrogens with one attached hydrogen (secondary N) is 1. The van der Waals surface area contributed by atoms with Crippen molar-refractivity contribution in [2.24, 2.45) is 5.14 Å². The zero-order valence-corrected chi connectivity index (χ0v) is 8.34. The molecule has 0 saturated heterocycles. The molecule has 5 nitrogen and oxygen atoms in total. The highest BCUT2D eigenvalue weighted by Gasteiger charge is 2.04. The minimum Gasteiger partial charge on any atom is -0.225 e. The van der Waals surface area contributed by atoms with Gasteiger partial charge in [-0.05, 0) is 19.1 Å². The molecule has 0 atom stereocenters. The van der Waals surface area contributed by atoms with Crippen molar-refractivity contribution in [1.82, 2.24) is 0 Å². The number of aryl methyl sites for hydroxylation is 1. The van der Waals surface area contributed by atoms with Gasteiger partial charge in [0.15, 0.2) is 0 Å². The molecule has 6 heteroatoms. The van der Waals surface area contributed by atoms with Crippen molar-refractivity contribution in [3.63, 3.8) is 0 Å². The molecule has 0 bridgehead atoms. The standard InChI is InChI=1S/C7H9NO2S.CHNO/c1-6-2-4-7(5-3-6)11(8,9)10;2-1-3/h2-5H,1H3,(H2,8,9,10);2H. The Labute approximate surface area is 82.1 Å². The Morgan fingerprint density at radius 2 is 1.64 bits per heavy atom. The molecule has 1 aromatic carbocycles. The molecule has 0 aromatic heterocycles. The van der Waals surface area contributed by atoms with E-state index in [9.17, 15) is 8.42 Å². The first kappa shape index (κ1) is 12.5. The van der Waals surface area contributed by atoms with Crippen molar-refractivity contribution in [3.8, 4) is 0 Å². The van der Waals surface area contributed by atoms with Crippen LogP contribution in [0.5, 0.6) is 0 Å². The van der Waals surface area contributed by atoms with Crippen LogP contribution in [-0.4, -0.2) is 14.5 Å². The van der Waals surface area contributed by atoms with Gasteiger partial charge in [0.25, 0.3) is 0 Å². The van der Waals surface area contributed by atoms with Crippen LogP contribution in [0, 0.1) is 12.3 Å². The van der Waals surface area contributed by atoms with Crippen LogP contribution >= 0.6 is 0 Å². The highest BCUT2D eigenvalue weighted by Crippen LogP contribution is 2.06. The molecular formula is C8H10N2O3S. The summed E-state index contributed by atoms with van der Waals surface area (Å²) in [5, 5.41) is 10.3. The lowest BCUT2D eigenvalue weighted by Crippen LogP contribution is -2.11. The van der Waals surface area contributed by atoms with Gasteiger partial charge in [-0.3, -0.25) is 0 Å². The molecule has 0 heterocycles. The fourth-order valence-corrected chi connectivity index (χ4v) is 1.24. The summed E-state index contributed by atoms with van der Waals surface area (Å²) in [5.41, 5.74) is 1.01. The summed E-state index contributed by atoms with van der Waals surface area (Å²) in [4.78, 5) is 8.50. The highest BCUT2D eigenvalue weighted by atomic mass is 32.2. The van der Waals surface area contributed by atoms with E-state index in [0.29, 0.717) is 0 Å². The SMILES string of the molecule is Cc1ccc(S(N)(=O)=O)cc1.N=C=O. The van der Waals surface area contributed by atoms with E-state index in [4.69, 9.17) is 15.3 Å². The van der Waals surface area contributed by atoms with Crippen molar-refractivity contribution in [3.05, 3.63) is 29.8 Å². The van der Waals surface area contributed by atoms with Crippen LogP contribution in [0.25, 0.3) is 0 Å². The summed E-state index contributed by atoms with van der Waals surface area (Å²) in [6.07, 6.45) is 0.750. The third-order valence-electron chi connectivity index (χ3n) is 1.35. The second kappa shape index (κ2) is 5.29. The maximum absolute atomic E-state index is 10.7. The summed E-state index contributed by atoms with van der Waals surface area (Å²) in [5.74, 6) is 0. The minimum absolute atomic E-state index is 0.156. The van der Waals surface area contributed by atoms with E-state index in [1.807, 2.05) is 6.92 Å². The van der Waals surface area contributed by atoms with Crippen LogP contribution in [0.3, 0.4) is 0 Å². The normalized spacial score (nSPS) is 9.57. The average molecular weight is 214 g/mol. The van der Waals surface area contributed by atoms with E-state index >= 15 is 0 Å². The third-order valence-corrected chi connectivity index (χ3v) is 2.28. The van der Waals surface area contributed by atoms with E-state index < -0.39 is 10.0 Å². The Kier molecular flexibility index (Phi) is 4.72. The molecule has 76 valence electrons. The summed E-state index contributed by atoms with van der Waals surface area (Å²) < 4.78 is 21.4. The fraction of sp³-hybridized carbons (Fsp3) is 0.125. The Hall–Kier alpha value is -1.49. The summed E-state index contributed by atoms with van der Waals surface area (Å²) in [6.45, 7) is 1.88. The van der Waals surface area contributed by atoms with E-state index in [0.717, 1.165) is 11.6 Å². The molecule has 0 aliphatic rings. The van der Waals surface area contributed by atoms with Gasteiger partial charge in [0.2, 0.25) is 16.1 Å². The van der Waals surface area contributed by atoms with Crippen LogP contribution < -0.4 is 5.14 Å². The van der Waals surface area contributed by atoms with Gasteiger partial charge in [-0.25, -0.2) is 23.8 Å². The first-order valence-corrected chi connectivity index (χ1v) is 5.09. The first-order valence-electron chi connectivity index (χ1n) is 3.55. The van der Waals surface area contributed by atoms with Gasteiger partial charge in [-0.15, -0.1) is 0 Å². The minimum atomic E-state index is -3.52. The molecule has 0 fully saturated rings. The lowest BCUT2D eigenvalue weighted by molar-refractivity contribution is 0.562. The van der Waals surface area contributed by atoms with E-state index in [-0.39, 0.29) is 4.90 Å². The largest absolute Gasteiger partial charge is 0.238 e. The zero-order chi connectivity index (χ0) is 11.2. The van der Waals surface area contributed by atoms with Crippen LogP contribution in [0.2, 0.25) is 0 Å². The quantitative estimate of drug-likeness (QED) is 0.527. The van der Waals surface area contributed by atoms with Crippen molar-refractivity contribution in [2.75, 3.05) is 0 Å².